The van der Waals surface area contributed by atoms with Gasteiger partial charge in [0.2, 0.25) is 10.0 Å². The SMILES string of the molecule is CC=C(C=C(C)S(=O)(=O)NC1CCOC1)C(=O)Nc1ccc(F)c(F)c1. The second-order valence-corrected chi connectivity index (χ2v) is 7.65. The number of hydrogen-bond acceptors (Lipinski definition) is 4. The lowest BCUT2D eigenvalue weighted by molar-refractivity contribution is -0.112. The molecular weight excluding hydrogens is 366 g/mol. The lowest BCUT2D eigenvalue weighted by Gasteiger charge is -2.12. The van der Waals surface area contributed by atoms with Gasteiger partial charge in [-0.25, -0.2) is 21.9 Å². The van der Waals surface area contributed by atoms with Gasteiger partial charge in [0.1, 0.15) is 0 Å². The average Bonchev–Trinajstić information content (AvgIpc) is 3.07. The van der Waals surface area contributed by atoms with Crippen molar-refractivity contribution in [2.75, 3.05) is 18.5 Å². The van der Waals surface area contributed by atoms with Crippen molar-refractivity contribution in [3.05, 3.63) is 52.5 Å². The van der Waals surface area contributed by atoms with Gasteiger partial charge in [0.25, 0.3) is 5.91 Å². The number of benzene rings is 1. The Labute approximate surface area is 151 Å². The molecule has 1 aliphatic heterocycles. The molecule has 0 aliphatic carbocycles. The zero-order valence-electron chi connectivity index (χ0n) is 14.4. The van der Waals surface area contributed by atoms with Crippen molar-refractivity contribution in [1.29, 1.82) is 0 Å². The lowest BCUT2D eigenvalue weighted by atomic mass is 10.2. The molecule has 0 aromatic heterocycles. The van der Waals surface area contributed by atoms with Crippen LogP contribution < -0.4 is 10.0 Å². The first-order valence-electron chi connectivity index (χ1n) is 7.94. The third kappa shape index (κ3) is 5.20. The van der Waals surface area contributed by atoms with Crippen molar-refractivity contribution in [2.45, 2.75) is 26.3 Å². The van der Waals surface area contributed by atoms with Crippen LogP contribution in [0, 0.1) is 11.6 Å². The second-order valence-electron chi connectivity index (χ2n) is 5.76. The van der Waals surface area contributed by atoms with Crippen LogP contribution >= 0.6 is 0 Å². The van der Waals surface area contributed by atoms with Gasteiger partial charge in [0, 0.05) is 30.0 Å². The van der Waals surface area contributed by atoms with E-state index in [1.54, 1.807) is 6.92 Å². The molecule has 6 nitrogen and oxygen atoms in total. The highest BCUT2D eigenvalue weighted by Crippen LogP contribution is 2.16. The van der Waals surface area contributed by atoms with Crippen LogP contribution in [0.5, 0.6) is 0 Å². The summed E-state index contributed by atoms with van der Waals surface area (Å²) in [6, 6.07) is 2.64. The number of rotatable bonds is 6. The first-order valence-corrected chi connectivity index (χ1v) is 9.42. The summed E-state index contributed by atoms with van der Waals surface area (Å²) in [5.74, 6) is -2.77. The van der Waals surface area contributed by atoms with Gasteiger partial charge in [-0.15, -0.1) is 0 Å². The lowest BCUT2D eigenvalue weighted by Crippen LogP contribution is -2.35. The Morgan fingerprint density at radius 3 is 2.62 bits per heavy atom. The molecule has 0 saturated carbocycles. The fourth-order valence-electron chi connectivity index (χ4n) is 2.29. The Kier molecular flexibility index (Phi) is 6.63. The number of sulfonamides is 1. The van der Waals surface area contributed by atoms with Gasteiger partial charge in [-0.2, -0.15) is 0 Å². The molecule has 0 bridgehead atoms. The summed E-state index contributed by atoms with van der Waals surface area (Å²) in [6.07, 6.45) is 3.22. The Balaban J connectivity index is 2.11. The van der Waals surface area contributed by atoms with Gasteiger partial charge < -0.3 is 10.1 Å². The van der Waals surface area contributed by atoms with Gasteiger partial charge in [0.05, 0.1) is 11.5 Å². The predicted octanol–water partition coefficient (Wildman–Crippen LogP) is 2.46. The highest BCUT2D eigenvalue weighted by molar-refractivity contribution is 7.93. The highest BCUT2D eigenvalue weighted by Gasteiger charge is 2.23. The molecule has 2 N–H and O–H groups in total. The van der Waals surface area contributed by atoms with Gasteiger partial charge in [-0.05, 0) is 38.5 Å². The molecular formula is C17H20F2N2O4S. The van der Waals surface area contributed by atoms with Crippen molar-refractivity contribution in [3.8, 4) is 0 Å². The number of hydrogen-bond donors (Lipinski definition) is 2. The maximum absolute atomic E-state index is 13.2. The van der Waals surface area contributed by atoms with Crippen LogP contribution in [0.1, 0.15) is 20.3 Å². The number of anilines is 1. The van der Waals surface area contributed by atoms with Crippen molar-refractivity contribution < 1.29 is 26.7 Å². The summed E-state index contributed by atoms with van der Waals surface area (Å²) in [6.45, 7) is 3.73. The van der Waals surface area contributed by atoms with E-state index in [0.717, 1.165) is 12.1 Å². The minimum Gasteiger partial charge on any atom is -0.380 e. The highest BCUT2D eigenvalue weighted by atomic mass is 32.2. The first kappa shape index (κ1) is 20.2. The Morgan fingerprint density at radius 2 is 2.04 bits per heavy atom. The number of amides is 1. The van der Waals surface area contributed by atoms with Crippen molar-refractivity contribution in [1.82, 2.24) is 4.72 Å². The largest absolute Gasteiger partial charge is 0.380 e. The quantitative estimate of drug-likeness (QED) is 0.581. The summed E-state index contributed by atoms with van der Waals surface area (Å²) < 4.78 is 58.4. The van der Waals surface area contributed by atoms with E-state index in [1.165, 1.54) is 25.1 Å². The molecule has 1 amide bonds. The van der Waals surface area contributed by atoms with Crippen molar-refractivity contribution in [3.63, 3.8) is 0 Å². The molecule has 1 unspecified atom stereocenters. The minimum absolute atomic E-state index is 0.0436. The van der Waals surface area contributed by atoms with Gasteiger partial charge >= 0.3 is 0 Å². The molecule has 0 radical (unpaired) electrons. The van der Waals surface area contributed by atoms with E-state index in [4.69, 9.17) is 4.74 Å². The van der Waals surface area contributed by atoms with E-state index < -0.39 is 27.6 Å². The number of nitrogens with one attached hydrogen (secondary N) is 2. The van der Waals surface area contributed by atoms with E-state index in [9.17, 15) is 22.0 Å². The van der Waals surface area contributed by atoms with Crippen LogP contribution in [-0.2, 0) is 19.6 Å². The first-order chi connectivity index (χ1) is 12.2. The molecule has 0 spiro atoms. The van der Waals surface area contributed by atoms with E-state index in [-0.39, 0.29) is 22.2 Å². The Bertz CT molecular complexity index is 844. The van der Waals surface area contributed by atoms with Crippen LogP contribution in [0.2, 0.25) is 0 Å². The number of ether oxygens (including phenoxy) is 1. The molecule has 1 heterocycles. The zero-order valence-corrected chi connectivity index (χ0v) is 15.2. The van der Waals surface area contributed by atoms with E-state index in [2.05, 4.69) is 10.0 Å². The van der Waals surface area contributed by atoms with Crippen LogP contribution in [0.25, 0.3) is 0 Å². The van der Waals surface area contributed by atoms with E-state index in [1.807, 2.05) is 0 Å². The van der Waals surface area contributed by atoms with Crippen molar-refractivity contribution in [2.24, 2.45) is 0 Å². The van der Waals surface area contributed by atoms with Gasteiger partial charge in [-0.1, -0.05) is 6.08 Å². The van der Waals surface area contributed by atoms with Crippen LogP contribution in [-0.4, -0.2) is 33.6 Å². The molecule has 142 valence electrons. The van der Waals surface area contributed by atoms with Gasteiger partial charge in [-0.3, -0.25) is 4.79 Å². The zero-order chi connectivity index (χ0) is 19.3. The predicted molar refractivity (Wildman–Crippen MR) is 93.8 cm³/mol. The molecule has 26 heavy (non-hydrogen) atoms. The number of halogens is 2. The summed E-state index contributed by atoms with van der Waals surface area (Å²) in [7, 11) is -3.77. The molecule has 1 atom stereocenters. The maximum atomic E-state index is 13.2. The normalized spacial score (nSPS) is 18.8. The fourth-order valence-corrected chi connectivity index (χ4v) is 3.39. The number of allylic oxidation sites excluding steroid dienone is 2. The standard InChI is InChI=1S/C17H20F2N2O4S/c1-3-12(17(22)20-13-4-5-15(18)16(19)9-13)8-11(2)26(23,24)21-14-6-7-25-10-14/h3-5,8-9,14,21H,6-7,10H2,1-2H3,(H,20,22). The van der Waals surface area contributed by atoms with Crippen molar-refractivity contribution >= 4 is 21.6 Å². The summed E-state index contributed by atoms with van der Waals surface area (Å²) in [5.41, 5.74) is 0.128. The third-order valence-corrected chi connectivity index (χ3v) is 5.39. The second kappa shape index (κ2) is 8.52. The molecule has 1 aromatic carbocycles. The molecule has 1 fully saturated rings. The minimum atomic E-state index is -3.77. The molecule has 1 aliphatic rings. The Hall–Kier alpha value is -2.10. The number of carbonyl (C=O) groups excluding carboxylic acids is 1. The maximum Gasteiger partial charge on any atom is 0.255 e. The smallest absolute Gasteiger partial charge is 0.255 e. The summed E-state index contributed by atoms with van der Waals surface area (Å²) in [4.78, 5) is 12.2. The topological polar surface area (TPSA) is 84.5 Å². The van der Waals surface area contributed by atoms with E-state index >= 15 is 0 Å². The average molecular weight is 386 g/mol. The van der Waals surface area contributed by atoms with Crippen LogP contribution in [0.15, 0.2) is 40.8 Å². The Morgan fingerprint density at radius 1 is 1.31 bits per heavy atom. The number of carbonyl (C=O) groups is 1. The molecule has 2 rings (SSSR count). The fraction of sp³-hybridized carbons (Fsp3) is 0.353. The summed E-state index contributed by atoms with van der Waals surface area (Å²) in [5, 5.41) is 2.40. The van der Waals surface area contributed by atoms with Gasteiger partial charge in [0.15, 0.2) is 11.6 Å². The molecule has 1 aromatic rings. The molecule has 1 saturated heterocycles. The van der Waals surface area contributed by atoms with Crippen LogP contribution in [0.4, 0.5) is 14.5 Å². The third-order valence-electron chi connectivity index (χ3n) is 3.78. The summed E-state index contributed by atoms with van der Waals surface area (Å²) >= 11 is 0. The monoisotopic (exact) mass is 386 g/mol. The molecule has 9 heteroatoms. The van der Waals surface area contributed by atoms with E-state index in [0.29, 0.717) is 19.6 Å². The van der Waals surface area contributed by atoms with Crippen LogP contribution in [0.3, 0.4) is 0 Å².